The minimum absolute atomic E-state index is 0.0375. The maximum Gasteiger partial charge on any atom is 0.130 e. The maximum atomic E-state index is 11.1. The van der Waals surface area contributed by atoms with Gasteiger partial charge in [-0.2, -0.15) is 0 Å². The molecule has 1 aromatic heterocycles. The number of benzene rings is 1. The predicted molar refractivity (Wildman–Crippen MR) is 61.3 cm³/mol. The molecular formula is C13H12NO3-. The summed E-state index contributed by atoms with van der Waals surface area (Å²) >= 11 is 0. The highest BCUT2D eigenvalue weighted by Gasteiger charge is 2.18. The number of rotatable bonds is 4. The lowest BCUT2D eigenvalue weighted by Gasteiger charge is -2.15. The Kier molecular flexibility index (Phi) is 2.95. The normalized spacial score (nSPS) is 12.5. The highest BCUT2D eigenvalue weighted by Crippen LogP contribution is 2.27. The molecule has 0 amide bonds. The number of carbonyl (C=O) groups excluding carboxylic acids is 2. The molecule has 0 aliphatic rings. The van der Waals surface area contributed by atoms with Crippen molar-refractivity contribution in [1.82, 2.24) is 4.98 Å². The van der Waals surface area contributed by atoms with Crippen LogP contribution in [0.5, 0.6) is 0 Å². The van der Waals surface area contributed by atoms with Gasteiger partial charge in [-0.05, 0) is 18.6 Å². The first-order chi connectivity index (χ1) is 8.09. The number of Topliss-reactive ketones (excluding diaryl/α,β-unsaturated/α-hetero) is 1. The van der Waals surface area contributed by atoms with E-state index >= 15 is 0 Å². The minimum atomic E-state index is -1.22. The summed E-state index contributed by atoms with van der Waals surface area (Å²) < 4.78 is 0. The van der Waals surface area contributed by atoms with Crippen molar-refractivity contribution in [2.45, 2.75) is 19.3 Å². The number of nitrogens with one attached hydrogen (secondary N) is 1. The van der Waals surface area contributed by atoms with Gasteiger partial charge in [0.25, 0.3) is 0 Å². The smallest absolute Gasteiger partial charge is 0.130 e. The molecule has 1 N–H and O–H groups in total. The molecular weight excluding hydrogens is 218 g/mol. The van der Waals surface area contributed by atoms with E-state index in [1.807, 2.05) is 24.3 Å². The van der Waals surface area contributed by atoms with Gasteiger partial charge in [0, 0.05) is 35.4 Å². The lowest BCUT2D eigenvalue weighted by molar-refractivity contribution is -0.308. The van der Waals surface area contributed by atoms with Crippen LogP contribution in [0.2, 0.25) is 0 Å². The van der Waals surface area contributed by atoms with Crippen molar-refractivity contribution in [3.63, 3.8) is 0 Å². The SMILES string of the molecule is CC(=O)CC(C(=O)[O-])c1c[nH]c2ccccc12. The van der Waals surface area contributed by atoms with E-state index in [1.165, 1.54) is 6.92 Å². The Morgan fingerprint density at radius 2 is 2.06 bits per heavy atom. The Bertz CT molecular complexity index is 571. The number of para-hydroxylation sites is 1. The van der Waals surface area contributed by atoms with Gasteiger partial charge < -0.3 is 14.9 Å². The van der Waals surface area contributed by atoms with Gasteiger partial charge in [-0.25, -0.2) is 0 Å². The van der Waals surface area contributed by atoms with Crippen LogP contribution in [0.4, 0.5) is 0 Å². The van der Waals surface area contributed by atoms with E-state index in [1.54, 1.807) is 6.20 Å². The van der Waals surface area contributed by atoms with Crippen molar-refractivity contribution in [1.29, 1.82) is 0 Å². The second kappa shape index (κ2) is 4.41. The number of fused-ring (bicyclic) bond motifs is 1. The molecule has 4 heteroatoms. The molecule has 4 nitrogen and oxygen atoms in total. The largest absolute Gasteiger partial charge is 0.549 e. The number of aromatic nitrogens is 1. The lowest BCUT2D eigenvalue weighted by atomic mass is 9.94. The van der Waals surface area contributed by atoms with Gasteiger partial charge in [0.15, 0.2) is 0 Å². The van der Waals surface area contributed by atoms with E-state index in [0.29, 0.717) is 5.56 Å². The zero-order valence-electron chi connectivity index (χ0n) is 9.40. The number of ketones is 1. The van der Waals surface area contributed by atoms with Crippen LogP contribution in [0, 0.1) is 0 Å². The Labute approximate surface area is 98.3 Å². The number of carboxylic acids is 1. The Morgan fingerprint density at radius 1 is 1.35 bits per heavy atom. The molecule has 1 heterocycles. The molecule has 0 saturated carbocycles. The fourth-order valence-corrected chi connectivity index (χ4v) is 1.99. The molecule has 0 saturated heterocycles. The van der Waals surface area contributed by atoms with E-state index in [2.05, 4.69) is 4.98 Å². The predicted octanol–water partition coefficient (Wildman–Crippen LogP) is 0.980. The van der Waals surface area contributed by atoms with E-state index in [9.17, 15) is 14.7 Å². The van der Waals surface area contributed by atoms with Crippen LogP contribution in [0.25, 0.3) is 10.9 Å². The van der Waals surface area contributed by atoms with Crippen LogP contribution >= 0.6 is 0 Å². The van der Waals surface area contributed by atoms with Crippen LogP contribution < -0.4 is 5.11 Å². The molecule has 88 valence electrons. The van der Waals surface area contributed by atoms with Crippen molar-refractivity contribution in [2.75, 3.05) is 0 Å². The molecule has 2 aromatic rings. The number of carbonyl (C=O) groups is 2. The molecule has 0 fully saturated rings. The number of H-pyrrole nitrogens is 1. The van der Waals surface area contributed by atoms with Crippen LogP contribution in [0.1, 0.15) is 24.8 Å². The van der Waals surface area contributed by atoms with Gasteiger partial charge in [0.05, 0.1) is 0 Å². The van der Waals surface area contributed by atoms with Crippen LogP contribution in [-0.4, -0.2) is 16.7 Å². The summed E-state index contributed by atoms with van der Waals surface area (Å²) in [6.45, 7) is 1.38. The Morgan fingerprint density at radius 3 is 2.71 bits per heavy atom. The zero-order valence-corrected chi connectivity index (χ0v) is 9.40. The third-order valence-electron chi connectivity index (χ3n) is 2.77. The minimum Gasteiger partial charge on any atom is -0.549 e. The molecule has 0 aliphatic heterocycles. The second-order valence-corrected chi connectivity index (χ2v) is 4.07. The topological polar surface area (TPSA) is 73.0 Å². The van der Waals surface area contributed by atoms with E-state index < -0.39 is 11.9 Å². The zero-order chi connectivity index (χ0) is 12.4. The van der Waals surface area contributed by atoms with E-state index in [0.717, 1.165) is 10.9 Å². The molecule has 1 aromatic carbocycles. The van der Waals surface area contributed by atoms with Gasteiger partial charge in [-0.15, -0.1) is 0 Å². The van der Waals surface area contributed by atoms with Crippen molar-refractivity contribution in [2.24, 2.45) is 0 Å². The Balaban J connectivity index is 2.48. The molecule has 0 spiro atoms. The fraction of sp³-hybridized carbons (Fsp3) is 0.231. The van der Waals surface area contributed by atoms with Crippen LogP contribution in [0.15, 0.2) is 30.5 Å². The standard InChI is InChI=1S/C13H13NO3/c1-8(15)6-10(13(16)17)11-7-14-12-5-3-2-4-9(11)12/h2-5,7,10,14H,6H2,1H3,(H,16,17)/p-1. The van der Waals surface area contributed by atoms with Crippen LogP contribution in [-0.2, 0) is 9.59 Å². The first-order valence-electron chi connectivity index (χ1n) is 5.36. The summed E-state index contributed by atoms with van der Waals surface area (Å²) in [6.07, 6.45) is 1.60. The summed E-state index contributed by atoms with van der Waals surface area (Å²) in [7, 11) is 0. The van der Waals surface area contributed by atoms with Gasteiger partial charge in [0.1, 0.15) is 5.78 Å². The lowest BCUT2D eigenvalue weighted by Crippen LogP contribution is -2.30. The number of hydrogen-bond donors (Lipinski definition) is 1. The second-order valence-electron chi connectivity index (χ2n) is 4.07. The number of aromatic amines is 1. The van der Waals surface area contributed by atoms with Crippen molar-refractivity contribution < 1.29 is 14.7 Å². The summed E-state index contributed by atoms with van der Waals surface area (Å²) in [4.78, 5) is 25.2. The highest BCUT2D eigenvalue weighted by atomic mass is 16.4. The summed E-state index contributed by atoms with van der Waals surface area (Å²) in [5.41, 5.74) is 1.47. The van der Waals surface area contributed by atoms with Crippen molar-refractivity contribution in [3.05, 3.63) is 36.0 Å². The Hall–Kier alpha value is -2.10. The van der Waals surface area contributed by atoms with Gasteiger partial charge >= 0.3 is 0 Å². The van der Waals surface area contributed by atoms with Gasteiger partial charge in [-0.1, -0.05) is 18.2 Å². The quantitative estimate of drug-likeness (QED) is 0.850. The third kappa shape index (κ3) is 2.20. The monoisotopic (exact) mass is 230 g/mol. The highest BCUT2D eigenvalue weighted by molar-refractivity contribution is 5.91. The fourth-order valence-electron chi connectivity index (χ4n) is 1.99. The molecule has 17 heavy (non-hydrogen) atoms. The van der Waals surface area contributed by atoms with Gasteiger partial charge in [-0.3, -0.25) is 4.79 Å². The summed E-state index contributed by atoms with van der Waals surface area (Å²) in [5.74, 6) is -2.27. The van der Waals surface area contributed by atoms with Crippen molar-refractivity contribution in [3.8, 4) is 0 Å². The summed E-state index contributed by atoms with van der Waals surface area (Å²) in [6, 6.07) is 7.39. The average Bonchev–Trinajstić information content (AvgIpc) is 2.69. The first kappa shape index (κ1) is 11.4. The number of aliphatic carboxylic acids is 1. The first-order valence-corrected chi connectivity index (χ1v) is 5.36. The molecule has 0 bridgehead atoms. The maximum absolute atomic E-state index is 11.1. The number of carboxylic acid groups (broad SMARTS) is 1. The molecule has 1 atom stereocenters. The molecule has 0 radical (unpaired) electrons. The van der Waals surface area contributed by atoms with Crippen molar-refractivity contribution >= 4 is 22.7 Å². The number of hydrogen-bond acceptors (Lipinski definition) is 3. The van der Waals surface area contributed by atoms with E-state index in [-0.39, 0.29) is 12.2 Å². The third-order valence-corrected chi connectivity index (χ3v) is 2.77. The average molecular weight is 230 g/mol. The molecule has 1 unspecified atom stereocenters. The van der Waals surface area contributed by atoms with Gasteiger partial charge in [0.2, 0.25) is 0 Å². The molecule has 0 aliphatic carbocycles. The summed E-state index contributed by atoms with van der Waals surface area (Å²) in [5, 5.41) is 11.9. The van der Waals surface area contributed by atoms with E-state index in [4.69, 9.17) is 0 Å². The van der Waals surface area contributed by atoms with Crippen LogP contribution in [0.3, 0.4) is 0 Å². The molecule has 2 rings (SSSR count).